The van der Waals surface area contributed by atoms with Crippen LogP contribution in [0, 0.1) is 0 Å². The highest BCUT2D eigenvalue weighted by Gasteiger charge is 2.15. The maximum absolute atomic E-state index is 5.77. The quantitative estimate of drug-likeness (QED) is 0.723. The molecular formula is C12H19N3. The summed E-state index contributed by atoms with van der Waals surface area (Å²) in [6, 6.07) is 6.25. The third-order valence-electron chi connectivity index (χ3n) is 3.00. The average Bonchev–Trinajstić information content (AvgIpc) is 2.26. The number of benzene rings is 1. The molecule has 2 rings (SSSR count). The number of anilines is 1. The Morgan fingerprint density at radius 3 is 2.93 bits per heavy atom. The first-order valence-corrected chi connectivity index (χ1v) is 5.59. The van der Waals surface area contributed by atoms with E-state index < -0.39 is 0 Å². The maximum atomic E-state index is 5.77. The van der Waals surface area contributed by atoms with E-state index in [1.54, 1.807) is 0 Å². The van der Waals surface area contributed by atoms with Crippen LogP contribution in [0.1, 0.15) is 17.5 Å². The average molecular weight is 205 g/mol. The fourth-order valence-electron chi connectivity index (χ4n) is 2.14. The number of nitrogens with zero attached hydrogens (tertiary/aromatic N) is 1. The molecule has 0 radical (unpaired) electrons. The van der Waals surface area contributed by atoms with Crippen molar-refractivity contribution < 1.29 is 0 Å². The van der Waals surface area contributed by atoms with Crippen molar-refractivity contribution in [3.05, 3.63) is 29.3 Å². The highest BCUT2D eigenvalue weighted by atomic mass is 15.1. The number of hydrogen-bond acceptors (Lipinski definition) is 3. The van der Waals surface area contributed by atoms with E-state index in [1.165, 1.54) is 11.1 Å². The van der Waals surface area contributed by atoms with Crippen molar-refractivity contribution in [2.24, 2.45) is 5.73 Å². The number of fused-ring (bicyclic) bond motifs is 1. The van der Waals surface area contributed by atoms with Crippen molar-refractivity contribution in [3.8, 4) is 0 Å². The first kappa shape index (κ1) is 10.5. The Kier molecular flexibility index (Phi) is 3.23. The molecule has 0 bridgehead atoms. The van der Waals surface area contributed by atoms with Crippen LogP contribution >= 0.6 is 0 Å². The molecular weight excluding hydrogens is 186 g/mol. The van der Waals surface area contributed by atoms with Crippen molar-refractivity contribution in [1.29, 1.82) is 0 Å². The first-order chi connectivity index (χ1) is 7.29. The van der Waals surface area contributed by atoms with Gasteiger partial charge in [0.15, 0.2) is 0 Å². The van der Waals surface area contributed by atoms with Crippen molar-refractivity contribution in [2.75, 3.05) is 25.4 Å². The Bertz CT molecular complexity index is 336. The Balaban J connectivity index is 2.03. The van der Waals surface area contributed by atoms with Gasteiger partial charge in [-0.2, -0.15) is 0 Å². The lowest BCUT2D eigenvalue weighted by atomic mass is 9.99. The minimum absolute atomic E-state index is 0.783. The van der Waals surface area contributed by atoms with Gasteiger partial charge in [-0.05, 0) is 49.2 Å². The molecule has 15 heavy (non-hydrogen) atoms. The zero-order valence-corrected chi connectivity index (χ0v) is 9.08. The van der Waals surface area contributed by atoms with Gasteiger partial charge in [-0.25, -0.2) is 0 Å². The Hall–Kier alpha value is -1.06. The third-order valence-corrected chi connectivity index (χ3v) is 3.00. The van der Waals surface area contributed by atoms with Crippen LogP contribution in [0.15, 0.2) is 18.2 Å². The lowest BCUT2D eigenvalue weighted by Crippen LogP contribution is -2.32. The van der Waals surface area contributed by atoms with Gasteiger partial charge in [0.2, 0.25) is 0 Å². The van der Waals surface area contributed by atoms with Gasteiger partial charge >= 0.3 is 0 Å². The molecule has 0 spiro atoms. The molecule has 1 heterocycles. The van der Waals surface area contributed by atoms with Crippen molar-refractivity contribution in [3.63, 3.8) is 0 Å². The van der Waals surface area contributed by atoms with E-state index in [1.807, 2.05) is 6.07 Å². The largest absolute Gasteiger partial charge is 0.399 e. The molecule has 0 saturated carbocycles. The number of nitrogens with two attached hydrogens (primary N) is 2. The van der Waals surface area contributed by atoms with Gasteiger partial charge < -0.3 is 11.5 Å². The van der Waals surface area contributed by atoms with E-state index in [-0.39, 0.29) is 0 Å². The van der Waals surface area contributed by atoms with Crippen molar-refractivity contribution in [2.45, 2.75) is 19.4 Å². The van der Waals surface area contributed by atoms with E-state index in [4.69, 9.17) is 11.5 Å². The summed E-state index contributed by atoms with van der Waals surface area (Å²) in [5.74, 6) is 0. The van der Waals surface area contributed by atoms with Gasteiger partial charge in [0.05, 0.1) is 0 Å². The third kappa shape index (κ3) is 2.49. The molecule has 0 fully saturated rings. The fourth-order valence-corrected chi connectivity index (χ4v) is 2.14. The topological polar surface area (TPSA) is 55.3 Å². The van der Waals surface area contributed by atoms with Crippen molar-refractivity contribution >= 4 is 5.69 Å². The van der Waals surface area contributed by atoms with Gasteiger partial charge in [-0.15, -0.1) is 0 Å². The lowest BCUT2D eigenvalue weighted by molar-refractivity contribution is 0.252. The molecule has 3 heteroatoms. The monoisotopic (exact) mass is 205 g/mol. The zero-order chi connectivity index (χ0) is 10.7. The summed E-state index contributed by atoms with van der Waals surface area (Å²) >= 11 is 0. The molecule has 0 aliphatic carbocycles. The van der Waals surface area contributed by atoms with Gasteiger partial charge in [-0.1, -0.05) is 6.07 Å². The summed E-state index contributed by atoms with van der Waals surface area (Å²) in [6.45, 7) is 4.08. The van der Waals surface area contributed by atoms with Crippen LogP contribution < -0.4 is 11.5 Å². The van der Waals surface area contributed by atoms with Crippen LogP contribution in [-0.2, 0) is 13.0 Å². The predicted octanol–water partition coefficient (Wildman–Crippen LogP) is 0.976. The second kappa shape index (κ2) is 4.64. The van der Waals surface area contributed by atoms with E-state index in [0.717, 1.165) is 44.7 Å². The van der Waals surface area contributed by atoms with Crippen LogP contribution in [-0.4, -0.2) is 24.5 Å². The SMILES string of the molecule is NCCCN1CCc2cc(N)ccc2C1. The standard InChI is InChI=1S/C12H19N3/c13-5-1-6-15-7-4-10-8-12(14)3-2-11(10)9-15/h2-3,8H,1,4-7,9,13-14H2. The Labute approximate surface area is 91.1 Å². The molecule has 0 atom stereocenters. The molecule has 82 valence electrons. The number of rotatable bonds is 3. The summed E-state index contributed by atoms with van der Waals surface area (Å²) in [5.41, 5.74) is 15.0. The number of nitrogen functional groups attached to an aromatic ring is 1. The van der Waals surface area contributed by atoms with Crippen molar-refractivity contribution in [1.82, 2.24) is 4.90 Å². The Morgan fingerprint density at radius 2 is 2.13 bits per heavy atom. The van der Waals surface area contributed by atoms with Crippen LogP contribution in [0.4, 0.5) is 5.69 Å². The molecule has 1 aromatic carbocycles. The molecule has 3 nitrogen and oxygen atoms in total. The smallest absolute Gasteiger partial charge is 0.0316 e. The van der Waals surface area contributed by atoms with Crippen LogP contribution in [0.3, 0.4) is 0 Å². The minimum Gasteiger partial charge on any atom is -0.399 e. The van der Waals surface area contributed by atoms with Crippen LogP contribution in [0.5, 0.6) is 0 Å². The van der Waals surface area contributed by atoms with Crippen LogP contribution in [0.25, 0.3) is 0 Å². The normalized spacial score (nSPS) is 16.3. The number of hydrogen-bond donors (Lipinski definition) is 2. The molecule has 4 N–H and O–H groups in total. The molecule has 1 aromatic rings. The second-order valence-electron chi connectivity index (χ2n) is 4.20. The second-order valence-corrected chi connectivity index (χ2v) is 4.20. The molecule has 0 aromatic heterocycles. The summed E-state index contributed by atoms with van der Waals surface area (Å²) in [4.78, 5) is 2.46. The summed E-state index contributed by atoms with van der Waals surface area (Å²) in [6.07, 6.45) is 2.20. The van der Waals surface area contributed by atoms with Gasteiger partial charge in [0.25, 0.3) is 0 Å². The van der Waals surface area contributed by atoms with Crippen LogP contribution in [0.2, 0.25) is 0 Å². The molecule has 1 aliphatic rings. The summed E-state index contributed by atoms with van der Waals surface area (Å²) in [5, 5.41) is 0. The maximum Gasteiger partial charge on any atom is 0.0316 e. The van der Waals surface area contributed by atoms with Gasteiger partial charge in [0, 0.05) is 18.8 Å². The molecule has 0 amide bonds. The summed E-state index contributed by atoms with van der Waals surface area (Å²) < 4.78 is 0. The zero-order valence-electron chi connectivity index (χ0n) is 9.08. The first-order valence-electron chi connectivity index (χ1n) is 5.59. The van der Waals surface area contributed by atoms with Gasteiger partial charge in [0.1, 0.15) is 0 Å². The van der Waals surface area contributed by atoms with E-state index >= 15 is 0 Å². The highest BCUT2D eigenvalue weighted by Crippen LogP contribution is 2.21. The minimum atomic E-state index is 0.783. The predicted molar refractivity (Wildman–Crippen MR) is 63.5 cm³/mol. The lowest BCUT2D eigenvalue weighted by Gasteiger charge is -2.28. The molecule has 1 aliphatic heterocycles. The van der Waals surface area contributed by atoms with E-state index in [2.05, 4.69) is 17.0 Å². The highest BCUT2D eigenvalue weighted by molar-refractivity contribution is 5.45. The summed E-state index contributed by atoms with van der Waals surface area (Å²) in [7, 11) is 0. The molecule has 0 saturated heterocycles. The molecule has 0 unspecified atom stereocenters. The van der Waals surface area contributed by atoms with Gasteiger partial charge in [-0.3, -0.25) is 4.90 Å². The Morgan fingerprint density at radius 1 is 1.27 bits per heavy atom. The fraction of sp³-hybridized carbons (Fsp3) is 0.500. The van der Waals surface area contributed by atoms with E-state index in [9.17, 15) is 0 Å². The van der Waals surface area contributed by atoms with E-state index in [0.29, 0.717) is 0 Å².